The minimum absolute atomic E-state index is 0.00652. The first-order valence-electron chi connectivity index (χ1n) is 6.12. The number of anilines is 1. The normalized spacial score (nSPS) is 11.8. The first-order valence-corrected chi connectivity index (χ1v) is 6.12. The van der Waals surface area contributed by atoms with Gasteiger partial charge in [-0.1, -0.05) is 6.92 Å². The van der Waals surface area contributed by atoms with Crippen LogP contribution in [0.3, 0.4) is 0 Å². The van der Waals surface area contributed by atoms with Gasteiger partial charge in [-0.15, -0.1) is 0 Å². The molecule has 0 fully saturated rings. The van der Waals surface area contributed by atoms with E-state index in [9.17, 15) is 9.18 Å². The fraction of sp³-hybridized carbons (Fsp3) is 0.462. The molecule has 0 saturated heterocycles. The summed E-state index contributed by atoms with van der Waals surface area (Å²) >= 11 is 0. The molecule has 0 aliphatic rings. The number of hydrogen-bond acceptors (Lipinski definition) is 3. The summed E-state index contributed by atoms with van der Waals surface area (Å²) in [5, 5.41) is 14.1. The van der Waals surface area contributed by atoms with Gasteiger partial charge in [-0.3, -0.25) is 0 Å². The molecule has 3 N–H and O–H groups in total. The molecule has 1 unspecified atom stereocenters. The van der Waals surface area contributed by atoms with Gasteiger partial charge in [0.1, 0.15) is 11.6 Å². The van der Waals surface area contributed by atoms with Crippen LogP contribution in [0.15, 0.2) is 18.2 Å². The van der Waals surface area contributed by atoms with Gasteiger partial charge in [0.2, 0.25) is 0 Å². The first kappa shape index (κ1) is 15.2. The molecule has 0 aliphatic carbocycles. The number of aliphatic hydroxyl groups excluding tert-OH is 1. The molecular weight excluding hydrogens is 251 g/mol. The predicted molar refractivity (Wildman–Crippen MR) is 70.9 cm³/mol. The SMILES string of the molecule is CCC(CCO)NC(=O)Nc1cc(F)cc(OC)c1. The van der Waals surface area contributed by atoms with Crippen molar-refractivity contribution in [2.75, 3.05) is 19.0 Å². The molecule has 6 heteroatoms. The van der Waals surface area contributed by atoms with Crippen molar-refractivity contribution in [1.29, 1.82) is 0 Å². The molecule has 5 nitrogen and oxygen atoms in total. The third kappa shape index (κ3) is 5.13. The molecule has 1 aromatic carbocycles. The summed E-state index contributed by atoms with van der Waals surface area (Å²) in [4.78, 5) is 11.7. The highest BCUT2D eigenvalue weighted by Gasteiger charge is 2.10. The highest BCUT2D eigenvalue weighted by Crippen LogP contribution is 2.19. The van der Waals surface area contributed by atoms with Crippen LogP contribution in [0.1, 0.15) is 19.8 Å². The Morgan fingerprint density at radius 3 is 2.79 bits per heavy atom. The number of rotatable bonds is 6. The van der Waals surface area contributed by atoms with Crippen LogP contribution in [-0.4, -0.2) is 30.9 Å². The van der Waals surface area contributed by atoms with E-state index in [0.717, 1.165) is 0 Å². The molecule has 0 heterocycles. The Hall–Kier alpha value is -1.82. The molecule has 0 spiro atoms. The van der Waals surface area contributed by atoms with E-state index in [4.69, 9.17) is 9.84 Å². The summed E-state index contributed by atoms with van der Waals surface area (Å²) in [5.41, 5.74) is 0.313. The van der Waals surface area contributed by atoms with Crippen molar-refractivity contribution >= 4 is 11.7 Å². The number of hydrogen-bond donors (Lipinski definition) is 3. The quantitative estimate of drug-likeness (QED) is 0.741. The van der Waals surface area contributed by atoms with Crippen molar-refractivity contribution in [2.24, 2.45) is 0 Å². The standard InChI is InChI=1S/C13H19FN2O3/c1-3-10(4-5-17)15-13(18)16-11-6-9(14)7-12(8-11)19-2/h6-8,10,17H,3-5H2,1-2H3,(H2,15,16,18). The van der Waals surface area contributed by atoms with Crippen LogP contribution in [-0.2, 0) is 0 Å². The first-order chi connectivity index (χ1) is 9.08. The van der Waals surface area contributed by atoms with Gasteiger partial charge in [0.05, 0.1) is 7.11 Å². The van der Waals surface area contributed by atoms with Crippen molar-refractivity contribution < 1.29 is 19.0 Å². The van der Waals surface area contributed by atoms with Crippen molar-refractivity contribution in [2.45, 2.75) is 25.8 Å². The van der Waals surface area contributed by atoms with E-state index in [1.54, 1.807) is 0 Å². The molecule has 1 atom stereocenters. The monoisotopic (exact) mass is 270 g/mol. The lowest BCUT2D eigenvalue weighted by Gasteiger charge is -2.16. The molecule has 106 valence electrons. The molecule has 1 rings (SSSR count). The van der Waals surface area contributed by atoms with Crippen LogP contribution >= 0.6 is 0 Å². The Balaban J connectivity index is 2.63. The second-order valence-corrected chi connectivity index (χ2v) is 4.10. The maximum Gasteiger partial charge on any atom is 0.319 e. The number of benzene rings is 1. The number of urea groups is 1. The fourth-order valence-corrected chi connectivity index (χ4v) is 1.64. The van der Waals surface area contributed by atoms with E-state index in [0.29, 0.717) is 24.3 Å². The second-order valence-electron chi connectivity index (χ2n) is 4.10. The number of carbonyl (C=O) groups excluding carboxylic acids is 1. The molecule has 2 amide bonds. The molecule has 0 aromatic heterocycles. The van der Waals surface area contributed by atoms with Crippen molar-refractivity contribution in [3.63, 3.8) is 0 Å². The smallest absolute Gasteiger partial charge is 0.319 e. The van der Waals surface area contributed by atoms with E-state index in [1.165, 1.54) is 25.3 Å². The van der Waals surface area contributed by atoms with Gasteiger partial charge in [-0.25, -0.2) is 9.18 Å². The van der Waals surface area contributed by atoms with Crippen LogP contribution < -0.4 is 15.4 Å². The van der Waals surface area contributed by atoms with Gasteiger partial charge in [0.25, 0.3) is 0 Å². The Bertz CT molecular complexity index is 426. The summed E-state index contributed by atoms with van der Waals surface area (Å²) in [6.07, 6.45) is 1.19. The van der Waals surface area contributed by atoms with Crippen LogP contribution in [0.5, 0.6) is 5.75 Å². The fourth-order valence-electron chi connectivity index (χ4n) is 1.64. The molecule has 19 heavy (non-hydrogen) atoms. The average Bonchev–Trinajstić information content (AvgIpc) is 2.37. The zero-order valence-corrected chi connectivity index (χ0v) is 11.1. The highest BCUT2D eigenvalue weighted by atomic mass is 19.1. The summed E-state index contributed by atoms with van der Waals surface area (Å²) < 4.78 is 18.1. The summed E-state index contributed by atoms with van der Waals surface area (Å²) in [5.74, 6) is -0.158. The third-order valence-electron chi connectivity index (χ3n) is 2.67. The largest absolute Gasteiger partial charge is 0.497 e. The van der Waals surface area contributed by atoms with Gasteiger partial charge < -0.3 is 20.5 Å². The number of halogens is 1. The van der Waals surface area contributed by atoms with Crippen LogP contribution in [0.4, 0.5) is 14.9 Å². The lowest BCUT2D eigenvalue weighted by atomic mass is 10.2. The Labute approximate surface area is 111 Å². The van der Waals surface area contributed by atoms with Crippen LogP contribution in [0.2, 0.25) is 0 Å². The Morgan fingerprint density at radius 1 is 1.47 bits per heavy atom. The van der Waals surface area contributed by atoms with Crippen LogP contribution in [0.25, 0.3) is 0 Å². The topological polar surface area (TPSA) is 70.6 Å². The lowest BCUT2D eigenvalue weighted by Crippen LogP contribution is -2.38. The minimum atomic E-state index is -0.489. The number of ether oxygens (including phenoxy) is 1. The lowest BCUT2D eigenvalue weighted by molar-refractivity contribution is 0.237. The second kappa shape index (κ2) is 7.58. The number of aliphatic hydroxyl groups is 1. The summed E-state index contributed by atoms with van der Waals surface area (Å²) in [6.45, 7) is 1.92. The van der Waals surface area contributed by atoms with Crippen molar-refractivity contribution in [3.05, 3.63) is 24.0 Å². The van der Waals surface area contributed by atoms with Gasteiger partial charge >= 0.3 is 6.03 Å². The van der Waals surface area contributed by atoms with Gasteiger partial charge in [0, 0.05) is 30.5 Å². The van der Waals surface area contributed by atoms with E-state index in [1.807, 2.05) is 6.92 Å². The molecular formula is C13H19FN2O3. The van der Waals surface area contributed by atoms with Gasteiger partial charge in [-0.05, 0) is 18.9 Å². The number of methoxy groups -OCH3 is 1. The number of nitrogens with one attached hydrogen (secondary N) is 2. The average molecular weight is 270 g/mol. The van der Waals surface area contributed by atoms with Gasteiger partial charge in [-0.2, -0.15) is 0 Å². The Morgan fingerprint density at radius 2 is 2.21 bits per heavy atom. The molecule has 0 saturated carbocycles. The molecule has 0 aliphatic heterocycles. The minimum Gasteiger partial charge on any atom is -0.497 e. The maximum atomic E-state index is 13.2. The maximum absolute atomic E-state index is 13.2. The summed E-state index contributed by atoms with van der Waals surface area (Å²) in [6, 6.07) is 3.41. The predicted octanol–water partition coefficient (Wildman–Crippen LogP) is 2.12. The molecule has 0 radical (unpaired) electrons. The van der Waals surface area contributed by atoms with Crippen LogP contribution in [0, 0.1) is 5.82 Å². The number of carbonyl (C=O) groups is 1. The van der Waals surface area contributed by atoms with E-state index >= 15 is 0 Å². The third-order valence-corrected chi connectivity index (χ3v) is 2.67. The van der Waals surface area contributed by atoms with Gasteiger partial charge in [0.15, 0.2) is 0 Å². The van der Waals surface area contributed by atoms with E-state index in [2.05, 4.69) is 10.6 Å². The van der Waals surface area contributed by atoms with Crippen molar-refractivity contribution in [1.82, 2.24) is 5.32 Å². The number of amides is 2. The highest BCUT2D eigenvalue weighted by molar-refractivity contribution is 5.89. The zero-order chi connectivity index (χ0) is 14.3. The van der Waals surface area contributed by atoms with Crippen molar-refractivity contribution in [3.8, 4) is 5.75 Å². The molecule has 1 aromatic rings. The summed E-state index contributed by atoms with van der Waals surface area (Å²) in [7, 11) is 1.42. The van der Waals surface area contributed by atoms with E-state index < -0.39 is 11.8 Å². The zero-order valence-electron chi connectivity index (χ0n) is 11.1. The molecule has 0 bridgehead atoms. The van der Waals surface area contributed by atoms with E-state index in [-0.39, 0.29) is 12.6 Å². The Kier molecular flexibility index (Phi) is 6.08.